The minimum Gasteiger partial charge on any atom is -0.496 e. The zero-order valence-electron chi connectivity index (χ0n) is 20.8. The summed E-state index contributed by atoms with van der Waals surface area (Å²) in [6.07, 6.45) is 4.93. The summed E-state index contributed by atoms with van der Waals surface area (Å²) < 4.78 is 19.4. The van der Waals surface area contributed by atoms with Gasteiger partial charge in [0, 0.05) is 29.1 Å². The molecule has 5 rings (SSSR count). The van der Waals surface area contributed by atoms with Gasteiger partial charge in [0.15, 0.2) is 15.1 Å². The average molecular weight is 648 g/mol. The molecule has 0 radical (unpaired) electrons. The van der Waals surface area contributed by atoms with Crippen molar-refractivity contribution in [3.63, 3.8) is 0 Å². The van der Waals surface area contributed by atoms with Crippen LogP contribution in [0.3, 0.4) is 0 Å². The summed E-state index contributed by atoms with van der Waals surface area (Å²) in [6.45, 7) is 3.60. The first-order chi connectivity index (χ1) is 18.8. The van der Waals surface area contributed by atoms with E-state index in [0.717, 1.165) is 0 Å². The third kappa shape index (κ3) is 5.46. The number of methoxy groups -OCH3 is 1. The maximum Gasteiger partial charge on any atom is 0.338 e. The SMILES string of the molecule is CCOC(=O)C1=C(C)N=c2s/c(=C\c3cc(Br)c(Sc4ncccn4)o3)c(=O)n2[C@@H]1c1cc(Cl)ccc1OC. The summed E-state index contributed by atoms with van der Waals surface area (Å²) in [5.74, 6) is 0.346. The van der Waals surface area contributed by atoms with Gasteiger partial charge in [-0.15, -0.1) is 0 Å². The minimum absolute atomic E-state index is 0.168. The normalized spacial score (nSPS) is 15.2. The van der Waals surface area contributed by atoms with Gasteiger partial charge in [0.25, 0.3) is 5.56 Å². The molecule has 0 N–H and O–H groups in total. The van der Waals surface area contributed by atoms with Crippen LogP contribution in [-0.2, 0) is 9.53 Å². The molecule has 0 spiro atoms. The molecule has 1 aliphatic rings. The summed E-state index contributed by atoms with van der Waals surface area (Å²) >= 11 is 12.3. The molecule has 4 heterocycles. The van der Waals surface area contributed by atoms with E-state index < -0.39 is 12.0 Å². The van der Waals surface area contributed by atoms with Crippen molar-refractivity contribution in [3.8, 4) is 5.75 Å². The van der Waals surface area contributed by atoms with E-state index in [1.54, 1.807) is 62.6 Å². The smallest absolute Gasteiger partial charge is 0.338 e. The van der Waals surface area contributed by atoms with E-state index in [1.165, 1.54) is 34.8 Å². The average Bonchev–Trinajstić information content (AvgIpc) is 3.41. The van der Waals surface area contributed by atoms with Gasteiger partial charge in [-0.3, -0.25) is 9.36 Å². The van der Waals surface area contributed by atoms with Gasteiger partial charge >= 0.3 is 5.97 Å². The van der Waals surface area contributed by atoms with Gasteiger partial charge < -0.3 is 13.9 Å². The molecular formula is C26H20BrClN4O5S2. The summed E-state index contributed by atoms with van der Waals surface area (Å²) in [7, 11) is 1.52. The van der Waals surface area contributed by atoms with Crippen molar-refractivity contribution >= 4 is 62.7 Å². The topological polar surface area (TPSA) is 109 Å². The van der Waals surface area contributed by atoms with E-state index in [9.17, 15) is 9.59 Å². The monoisotopic (exact) mass is 646 g/mol. The van der Waals surface area contributed by atoms with E-state index in [1.807, 2.05) is 0 Å². The molecule has 0 amide bonds. The molecule has 0 saturated heterocycles. The highest BCUT2D eigenvalue weighted by Gasteiger charge is 2.35. The van der Waals surface area contributed by atoms with Crippen molar-refractivity contribution in [1.82, 2.24) is 14.5 Å². The van der Waals surface area contributed by atoms with Crippen molar-refractivity contribution in [2.24, 2.45) is 4.99 Å². The van der Waals surface area contributed by atoms with Gasteiger partial charge in [-0.2, -0.15) is 0 Å². The van der Waals surface area contributed by atoms with Crippen LogP contribution in [0, 0.1) is 0 Å². The number of hydrogen-bond donors (Lipinski definition) is 0. The van der Waals surface area contributed by atoms with Crippen LogP contribution in [0.1, 0.15) is 31.2 Å². The van der Waals surface area contributed by atoms with Crippen LogP contribution in [0.4, 0.5) is 0 Å². The Morgan fingerprint density at radius 1 is 1.31 bits per heavy atom. The number of hydrogen-bond acceptors (Lipinski definition) is 10. The Hall–Kier alpha value is -3.19. The fourth-order valence-corrected chi connectivity index (χ4v) is 6.51. The third-order valence-corrected chi connectivity index (χ3v) is 8.63. The van der Waals surface area contributed by atoms with Crippen molar-refractivity contribution in [2.45, 2.75) is 30.1 Å². The standard InChI is InChI=1S/C26H20BrClN4O5S2/c1-4-36-23(34)20-13(2)31-26-32(21(20)16-10-14(28)6-7-18(16)35-3)22(33)19(38-26)12-15-11-17(27)24(37-15)39-25-29-8-5-9-30-25/h5-12,21H,4H2,1-3H3/b19-12-/t21-/m1/s1. The zero-order valence-corrected chi connectivity index (χ0v) is 24.8. The number of benzene rings is 1. The molecule has 0 unspecified atom stereocenters. The molecule has 9 nitrogen and oxygen atoms in total. The number of carbonyl (C=O) groups excluding carboxylic acids is 1. The second kappa shape index (κ2) is 11.5. The predicted molar refractivity (Wildman–Crippen MR) is 151 cm³/mol. The first kappa shape index (κ1) is 27.4. The van der Waals surface area contributed by atoms with E-state index in [0.29, 0.717) is 51.8 Å². The van der Waals surface area contributed by atoms with Crippen LogP contribution in [0.5, 0.6) is 5.75 Å². The lowest BCUT2D eigenvalue weighted by Crippen LogP contribution is -2.40. The maximum atomic E-state index is 13.9. The fourth-order valence-electron chi connectivity index (χ4n) is 4.06. The first-order valence-corrected chi connectivity index (χ1v) is 14.4. The number of esters is 1. The van der Waals surface area contributed by atoms with Crippen LogP contribution in [0.15, 0.2) is 82.9 Å². The van der Waals surface area contributed by atoms with Crippen LogP contribution >= 0.6 is 50.6 Å². The van der Waals surface area contributed by atoms with Gasteiger partial charge in [-0.05, 0) is 71.9 Å². The number of rotatable bonds is 7. The van der Waals surface area contributed by atoms with Crippen molar-refractivity contribution < 1.29 is 18.7 Å². The molecule has 200 valence electrons. The molecule has 4 aromatic rings. The van der Waals surface area contributed by atoms with Gasteiger partial charge in [0.2, 0.25) is 0 Å². The second-order valence-corrected chi connectivity index (χ2v) is 11.3. The predicted octanol–water partition coefficient (Wildman–Crippen LogP) is 4.76. The number of ether oxygens (including phenoxy) is 2. The van der Waals surface area contributed by atoms with Gasteiger partial charge in [0.1, 0.15) is 17.6 Å². The highest BCUT2D eigenvalue weighted by molar-refractivity contribution is 9.10. The van der Waals surface area contributed by atoms with Gasteiger partial charge in [-0.25, -0.2) is 19.8 Å². The number of nitrogens with zero attached hydrogens (tertiary/aromatic N) is 4. The Morgan fingerprint density at radius 2 is 2.08 bits per heavy atom. The lowest BCUT2D eigenvalue weighted by atomic mass is 9.95. The Bertz CT molecular complexity index is 1780. The summed E-state index contributed by atoms with van der Waals surface area (Å²) in [5, 5.41) is 1.50. The van der Waals surface area contributed by atoms with Crippen molar-refractivity contribution in [2.75, 3.05) is 13.7 Å². The number of carbonyl (C=O) groups is 1. The molecule has 0 aliphatic carbocycles. The number of thiazole rings is 1. The molecule has 0 fully saturated rings. The third-order valence-electron chi connectivity index (χ3n) is 5.68. The van der Waals surface area contributed by atoms with E-state index in [2.05, 4.69) is 30.9 Å². The van der Waals surface area contributed by atoms with Crippen LogP contribution in [-0.4, -0.2) is 34.2 Å². The largest absolute Gasteiger partial charge is 0.496 e. The second-order valence-electron chi connectivity index (χ2n) is 8.11. The van der Waals surface area contributed by atoms with Crippen LogP contribution in [0.2, 0.25) is 5.02 Å². The number of fused-ring (bicyclic) bond motifs is 1. The molecule has 1 aromatic carbocycles. The van der Waals surface area contributed by atoms with Gasteiger partial charge in [0.05, 0.1) is 34.0 Å². The minimum atomic E-state index is -0.860. The highest BCUT2D eigenvalue weighted by Crippen LogP contribution is 2.37. The molecule has 0 bridgehead atoms. The Morgan fingerprint density at radius 3 is 2.79 bits per heavy atom. The number of halogens is 2. The number of allylic oxidation sites excluding steroid dienone is 1. The number of furan rings is 1. The summed E-state index contributed by atoms with van der Waals surface area (Å²) in [4.78, 5) is 40.4. The fraction of sp³-hybridized carbons (Fsp3) is 0.192. The molecule has 3 aromatic heterocycles. The number of aromatic nitrogens is 3. The van der Waals surface area contributed by atoms with E-state index >= 15 is 0 Å². The Labute approximate surface area is 244 Å². The zero-order chi connectivity index (χ0) is 27.7. The summed E-state index contributed by atoms with van der Waals surface area (Å²) in [5.41, 5.74) is 0.861. The van der Waals surface area contributed by atoms with E-state index in [4.69, 9.17) is 25.5 Å². The molecular weight excluding hydrogens is 628 g/mol. The maximum absolute atomic E-state index is 13.9. The molecule has 13 heteroatoms. The van der Waals surface area contributed by atoms with Gasteiger partial charge in [-0.1, -0.05) is 22.9 Å². The van der Waals surface area contributed by atoms with Crippen molar-refractivity contribution in [1.29, 1.82) is 0 Å². The lowest BCUT2D eigenvalue weighted by molar-refractivity contribution is -0.139. The van der Waals surface area contributed by atoms with Crippen LogP contribution in [0.25, 0.3) is 6.08 Å². The van der Waals surface area contributed by atoms with Crippen molar-refractivity contribution in [3.05, 3.63) is 94.5 Å². The molecule has 39 heavy (non-hydrogen) atoms. The Balaban J connectivity index is 1.66. The molecule has 1 aliphatic heterocycles. The lowest BCUT2D eigenvalue weighted by Gasteiger charge is -2.26. The quantitative estimate of drug-likeness (QED) is 0.209. The molecule has 0 saturated carbocycles. The molecule has 1 atom stereocenters. The van der Waals surface area contributed by atoms with E-state index in [-0.39, 0.29) is 17.7 Å². The Kier molecular flexibility index (Phi) is 8.08. The highest BCUT2D eigenvalue weighted by atomic mass is 79.9. The first-order valence-electron chi connectivity index (χ1n) is 11.6. The van der Waals surface area contributed by atoms with Crippen LogP contribution < -0.4 is 19.6 Å². The summed E-state index contributed by atoms with van der Waals surface area (Å²) in [6, 6.07) is 7.68.